The monoisotopic (exact) mass is 271 g/mol. The predicted octanol–water partition coefficient (Wildman–Crippen LogP) is 0.248. The van der Waals surface area contributed by atoms with Crippen molar-refractivity contribution in [1.82, 2.24) is 20.3 Å². The number of carbonyl (C=O) groups is 1. The smallest absolute Gasteiger partial charge is 0.322 e. The second-order valence-corrected chi connectivity index (χ2v) is 4.19. The number of hydrogen-bond donors (Lipinski definition) is 1. The van der Waals surface area contributed by atoms with E-state index in [-0.39, 0.29) is 23.2 Å². The highest BCUT2D eigenvalue weighted by Crippen LogP contribution is 2.24. The number of rotatable bonds is 3. The van der Waals surface area contributed by atoms with Crippen LogP contribution >= 0.6 is 11.6 Å². The lowest BCUT2D eigenvalue weighted by atomic mass is 10.2. The summed E-state index contributed by atoms with van der Waals surface area (Å²) in [6.07, 6.45) is 1.68. The average Bonchev–Trinajstić information content (AvgIpc) is 2.86. The molecular formula is C10H14ClN5O2. The molecule has 18 heavy (non-hydrogen) atoms. The molecule has 0 spiro atoms. The second kappa shape index (κ2) is 5.34. The van der Waals surface area contributed by atoms with E-state index in [1.165, 1.54) is 7.11 Å². The Morgan fingerprint density at radius 1 is 1.50 bits per heavy atom. The molecule has 1 amide bonds. The maximum absolute atomic E-state index is 11.7. The molecule has 1 fully saturated rings. The largest absolute Gasteiger partial charge is 0.467 e. The number of carbonyl (C=O) groups excluding carboxylic acids is 1. The van der Waals surface area contributed by atoms with Crippen molar-refractivity contribution in [2.24, 2.45) is 0 Å². The van der Waals surface area contributed by atoms with Crippen LogP contribution in [0.25, 0.3) is 0 Å². The maximum atomic E-state index is 11.7. The van der Waals surface area contributed by atoms with Crippen molar-refractivity contribution in [3.63, 3.8) is 0 Å². The Bertz CT molecular complexity index is 456. The lowest BCUT2D eigenvalue weighted by Crippen LogP contribution is -2.42. The maximum Gasteiger partial charge on any atom is 0.322 e. The van der Waals surface area contributed by atoms with Crippen molar-refractivity contribution >= 4 is 23.5 Å². The first kappa shape index (κ1) is 12.8. The van der Waals surface area contributed by atoms with Crippen molar-refractivity contribution in [2.45, 2.75) is 18.9 Å². The molecule has 1 saturated heterocycles. The van der Waals surface area contributed by atoms with E-state index >= 15 is 0 Å². The van der Waals surface area contributed by atoms with E-state index in [0.717, 1.165) is 12.8 Å². The quantitative estimate of drug-likeness (QED) is 0.849. The summed E-state index contributed by atoms with van der Waals surface area (Å²) in [5.41, 5.74) is 0. The van der Waals surface area contributed by atoms with E-state index in [0.29, 0.717) is 12.5 Å². The Morgan fingerprint density at radius 3 is 2.94 bits per heavy atom. The summed E-state index contributed by atoms with van der Waals surface area (Å²) < 4.78 is 4.94. The number of nitrogens with one attached hydrogen (secondary N) is 1. The van der Waals surface area contributed by atoms with Crippen molar-refractivity contribution in [3.05, 3.63) is 5.28 Å². The summed E-state index contributed by atoms with van der Waals surface area (Å²) >= 11 is 5.80. The summed E-state index contributed by atoms with van der Waals surface area (Å²) in [5, 5.41) is 2.69. The lowest BCUT2D eigenvalue weighted by molar-refractivity contribution is -0.121. The Labute approximate surface area is 110 Å². The zero-order valence-corrected chi connectivity index (χ0v) is 10.9. The molecule has 98 valence electrons. The highest BCUT2D eigenvalue weighted by atomic mass is 35.5. The molecule has 0 aliphatic carbocycles. The van der Waals surface area contributed by atoms with Gasteiger partial charge in [-0.15, -0.1) is 0 Å². The first-order valence-corrected chi connectivity index (χ1v) is 5.97. The van der Waals surface area contributed by atoms with E-state index in [4.69, 9.17) is 16.3 Å². The zero-order valence-electron chi connectivity index (χ0n) is 10.2. The van der Waals surface area contributed by atoms with Crippen molar-refractivity contribution in [1.29, 1.82) is 0 Å². The van der Waals surface area contributed by atoms with Crippen LogP contribution in [0.1, 0.15) is 12.8 Å². The van der Waals surface area contributed by atoms with Gasteiger partial charge < -0.3 is 15.0 Å². The van der Waals surface area contributed by atoms with Gasteiger partial charge in [-0.2, -0.15) is 15.0 Å². The number of anilines is 1. The van der Waals surface area contributed by atoms with Crippen LogP contribution in [-0.2, 0) is 4.79 Å². The third-order valence-electron chi connectivity index (χ3n) is 2.82. The minimum Gasteiger partial charge on any atom is -0.467 e. The highest BCUT2D eigenvalue weighted by molar-refractivity contribution is 6.28. The number of ether oxygens (including phenoxy) is 1. The molecule has 2 heterocycles. The summed E-state index contributed by atoms with van der Waals surface area (Å²) in [5.74, 6) is 0.320. The van der Waals surface area contributed by atoms with Crippen LogP contribution in [0, 0.1) is 0 Å². The van der Waals surface area contributed by atoms with Crippen molar-refractivity contribution < 1.29 is 9.53 Å². The first-order chi connectivity index (χ1) is 8.65. The van der Waals surface area contributed by atoms with Gasteiger partial charge in [-0.05, 0) is 24.4 Å². The molecule has 1 aromatic rings. The molecule has 2 rings (SSSR count). The topological polar surface area (TPSA) is 80.2 Å². The average molecular weight is 272 g/mol. The fourth-order valence-electron chi connectivity index (χ4n) is 1.99. The molecular weight excluding hydrogens is 258 g/mol. The Kier molecular flexibility index (Phi) is 3.81. The minimum absolute atomic E-state index is 0.0528. The van der Waals surface area contributed by atoms with Gasteiger partial charge in [0.15, 0.2) is 0 Å². The van der Waals surface area contributed by atoms with E-state index in [9.17, 15) is 4.79 Å². The molecule has 0 aromatic carbocycles. The summed E-state index contributed by atoms with van der Waals surface area (Å²) in [4.78, 5) is 25.5. The van der Waals surface area contributed by atoms with Crippen molar-refractivity contribution in [3.8, 4) is 6.01 Å². The molecule has 0 bridgehead atoms. The molecule has 1 aliphatic heterocycles. The van der Waals surface area contributed by atoms with Gasteiger partial charge in [-0.1, -0.05) is 0 Å². The minimum atomic E-state index is -0.266. The SMILES string of the molecule is CNC(=O)C1CCCN1c1nc(Cl)nc(OC)n1. The second-order valence-electron chi connectivity index (χ2n) is 3.86. The fourth-order valence-corrected chi connectivity index (χ4v) is 2.13. The molecule has 1 N–H and O–H groups in total. The van der Waals surface area contributed by atoms with Crippen LogP contribution in [-0.4, -0.2) is 47.6 Å². The molecule has 1 aliphatic rings. The van der Waals surface area contributed by atoms with Gasteiger partial charge >= 0.3 is 6.01 Å². The molecule has 8 heteroatoms. The number of aromatic nitrogens is 3. The van der Waals surface area contributed by atoms with Gasteiger partial charge in [0.2, 0.25) is 17.1 Å². The lowest BCUT2D eigenvalue weighted by Gasteiger charge is -2.23. The van der Waals surface area contributed by atoms with Gasteiger partial charge in [0, 0.05) is 13.6 Å². The van der Waals surface area contributed by atoms with Gasteiger partial charge in [-0.3, -0.25) is 4.79 Å². The third-order valence-corrected chi connectivity index (χ3v) is 2.99. The van der Waals surface area contributed by atoms with E-state index < -0.39 is 0 Å². The zero-order chi connectivity index (χ0) is 13.1. The number of likely N-dealkylation sites (N-methyl/N-ethyl adjacent to an activating group) is 1. The summed E-state index contributed by atoms with van der Waals surface area (Å²) in [6, 6.07) is -0.120. The van der Waals surface area contributed by atoms with E-state index in [1.807, 2.05) is 4.90 Å². The number of amides is 1. The normalized spacial score (nSPS) is 18.8. The number of halogens is 1. The van der Waals surface area contributed by atoms with Gasteiger partial charge in [0.1, 0.15) is 6.04 Å². The Morgan fingerprint density at radius 2 is 2.28 bits per heavy atom. The Hall–Kier alpha value is -1.63. The number of hydrogen-bond acceptors (Lipinski definition) is 6. The Balaban J connectivity index is 2.29. The summed E-state index contributed by atoms with van der Waals surface area (Å²) in [6.45, 7) is 0.710. The highest BCUT2D eigenvalue weighted by Gasteiger charge is 2.32. The molecule has 0 radical (unpaired) electrons. The van der Waals surface area contributed by atoms with Crippen LogP contribution in [0.2, 0.25) is 5.28 Å². The molecule has 1 atom stereocenters. The van der Waals surface area contributed by atoms with Gasteiger partial charge in [0.25, 0.3) is 0 Å². The summed E-state index contributed by atoms with van der Waals surface area (Å²) in [7, 11) is 3.06. The van der Waals surface area contributed by atoms with Crippen LogP contribution in [0.4, 0.5) is 5.95 Å². The van der Waals surface area contributed by atoms with Gasteiger partial charge in [-0.25, -0.2) is 0 Å². The van der Waals surface area contributed by atoms with E-state index in [2.05, 4.69) is 20.3 Å². The standard InChI is InChI=1S/C10H14ClN5O2/c1-12-7(17)6-4-3-5-16(6)9-13-8(11)14-10(15-9)18-2/h6H,3-5H2,1-2H3,(H,12,17). The van der Waals surface area contributed by atoms with Crippen LogP contribution in [0.5, 0.6) is 6.01 Å². The number of nitrogens with zero attached hydrogens (tertiary/aromatic N) is 4. The van der Waals surface area contributed by atoms with Crippen molar-refractivity contribution in [2.75, 3.05) is 25.6 Å². The molecule has 1 unspecified atom stereocenters. The van der Waals surface area contributed by atoms with Crippen LogP contribution < -0.4 is 15.0 Å². The van der Waals surface area contributed by atoms with Crippen LogP contribution in [0.15, 0.2) is 0 Å². The first-order valence-electron chi connectivity index (χ1n) is 5.59. The molecule has 1 aromatic heterocycles. The van der Waals surface area contributed by atoms with E-state index in [1.54, 1.807) is 7.05 Å². The van der Waals surface area contributed by atoms with Crippen LogP contribution in [0.3, 0.4) is 0 Å². The number of methoxy groups -OCH3 is 1. The fraction of sp³-hybridized carbons (Fsp3) is 0.600. The molecule has 7 nitrogen and oxygen atoms in total. The molecule has 0 saturated carbocycles. The predicted molar refractivity (Wildman–Crippen MR) is 65.8 cm³/mol. The third kappa shape index (κ3) is 2.45. The van der Waals surface area contributed by atoms with Gasteiger partial charge in [0.05, 0.1) is 7.11 Å².